The number of aryl methyl sites for hydroxylation is 1. The summed E-state index contributed by atoms with van der Waals surface area (Å²) >= 11 is 5.96. The average Bonchev–Trinajstić information content (AvgIpc) is 3.02. The maximum absolute atomic E-state index is 12.0. The Balaban J connectivity index is 1.83. The van der Waals surface area contributed by atoms with Crippen molar-refractivity contribution in [2.45, 2.75) is 13.0 Å². The van der Waals surface area contributed by atoms with Gasteiger partial charge in [-0.1, -0.05) is 11.6 Å². The van der Waals surface area contributed by atoms with Gasteiger partial charge in [-0.05, 0) is 56.9 Å². The molecule has 0 saturated heterocycles. The van der Waals surface area contributed by atoms with Gasteiger partial charge in [-0.2, -0.15) is 0 Å². The standard InChI is InChI=1S/C17H21ClN2O3/c1-12-9-13(6-7-14(12)18)23-11-17(21)19-10-15(20(2)3)16-5-4-8-22-16/h4-9,15H,10-11H2,1-3H3,(H,19,21)/t15-/m0/s1. The van der Waals surface area contributed by atoms with Crippen LogP contribution in [-0.4, -0.2) is 38.1 Å². The van der Waals surface area contributed by atoms with E-state index in [0.29, 0.717) is 17.3 Å². The molecule has 0 radical (unpaired) electrons. The number of benzene rings is 1. The van der Waals surface area contributed by atoms with E-state index in [2.05, 4.69) is 5.32 Å². The summed E-state index contributed by atoms with van der Waals surface area (Å²) in [6.07, 6.45) is 1.62. The second-order valence-corrected chi connectivity index (χ2v) is 5.91. The van der Waals surface area contributed by atoms with Crippen LogP contribution in [0.2, 0.25) is 5.02 Å². The monoisotopic (exact) mass is 336 g/mol. The lowest BCUT2D eigenvalue weighted by Crippen LogP contribution is -2.36. The third kappa shape index (κ3) is 5.01. The Morgan fingerprint density at radius 3 is 2.78 bits per heavy atom. The molecule has 0 unspecified atom stereocenters. The van der Waals surface area contributed by atoms with Gasteiger partial charge in [0.05, 0.1) is 12.3 Å². The molecule has 23 heavy (non-hydrogen) atoms. The summed E-state index contributed by atoms with van der Waals surface area (Å²) in [5.74, 6) is 1.25. The number of ether oxygens (including phenoxy) is 1. The Morgan fingerprint density at radius 2 is 2.17 bits per heavy atom. The molecule has 0 aliphatic rings. The van der Waals surface area contributed by atoms with Gasteiger partial charge in [0.2, 0.25) is 0 Å². The highest BCUT2D eigenvalue weighted by molar-refractivity contribution is 6.31. The van der Waals surface area contributed by atoms with Crippen molar-refractivity contribution < 1.29 is 13.9 Å². The smallest absolute Gasteiger partial charge is 0.258 e. The van der Waals surface area contributed by atoms with Crippen LogP contribution < -0.4 is 10.1 Å². The Morgan fingerprint density at radius 1 is 1.39 bits per heavy atom. The van der Waals surface area contributed by atoms with E-state index >= 15 is 0 Å². The van der Waals surface area contributed by atoms with Crippen LogP contribution in [-0.2, 0) is 4.79 Å². The molecule has 1 atom stereocenters. The quantitative estimate of drug-likeness (QED) is 0.844. The molecule has 1 N–H and O–H groups in total. The SMILES string of the molecule is Cc1cc(OCC(=O)NC[C@@H](c2ccco2)N(C)C)ccc1Cl. The molecule has 5 nitrogen and oxygen atoms in total. The minimum absolute atomic E-state index is 0.0215. The first-order chi connectivity index (χ1) is 11.0. The Labute approximate surface area is 141 Å². The topological polar surface area (TPSA) is 54.7 Å². The van der Waals surface area contributed by atoms with Gasteiger partial charge in [0.25, 0.3) is 5.91 Å². The van der Waals surface area contributed by atoms with E-state index in [1.807, 2.05) is 38.1 Å². The zero-order valence-electron chi connectivity index (χ0n) is 13.5. The molecule has 0 fully saturated rings. The zero-order valence-corrected chi connectivity index (χ0v) is 14.3. The number of hydrogen-bond donors (Lipinski definition) is 1. The van der Waals surface area contributed by atoms with E-state index < -0.39 is 0 Å². The molecule has 6 heteroatoms. The Hall–Kier alpha value is -1.98. The van der Waals surface area contributed by atoms with Crippen LogP contribution in [0.5, 0.6) is 5.75 Å². The summed E-state index contributed by atoms with van der Waals surface area (Å²) in [6, 6.07) is 9.01. The van der Waals surface area contributed by atoms with Crippen molar-refractivity contribution in [3.8, 4) is 5.75 Å². The number of carbonyl (C=O) groups is 1. The second kappa shape index (κ2) is 8.04. The first kappa shape index (κ1) is 17.4. The van der Waals surface area contributed by atoms with Gasteiger partial charge in [-0.3, -0.25) is 9.69 Å². The van der Waals surface area contributed by atoms with E-state index in [0.717, 1.165) is 11.3 Å². The van der Waals surface area contributed by atoms with Crippen molar-refractivity contribution in [1.29, 1.82) is 0 Å². The lowest BCUT2D eigenvalue weighted by atomic mass is 10.2. The molecule has 0 spiro atoms. The highest BCUT2D eigenvalue weighted by Crippen LogP contribution is 2.21. The second-order valence-electron chi connectivity index (χ2n) is 5.50. The predicted molar refractivity (Wildman–Crippen MR) is 89.8 cm³/mol. The molecule has 0 saturated carbocycles. The van der Waals surface area contributed by atoms with E-state index in [-0.39, 0.29) is 18.6 Å². The highest BCUT2D eigenvalue weighted by atomic mass is 35.5. The average molecular weight is 337 g/mol. The molecule has 2 aromatic rings. The van der Waals surface area contributed by atoms with Gasteiger partial charge in [-0.15, -0.1) is 0 Å². The fraction of sp³-hybridized carbons (Fsp3) is 0.353. The van der Waals surface area contributed by atoms with Crippen LogP contribution in [0.4, 0.5) is 0 Å². The van der Waals surface area contributed by atoms with Crippen molar-refractivity contribution in [2.24, 2.45) is 0 Å². The van der Waals surface area contributed by atoms with Gasteiger partial charge in [0, 0.05) is 11.6 Å². The number of furan rings is 1. The Kier molecular flexibility index (Phi) is 6.07. The van der Waals surface area contributed by atoms with Crippen LogP contribution in [0.15, 0.2) is 41.0 Å². The molecular formula is C17H21ClN2O3. The maximum atomic E-state index is 12.0. The number of rotatable bonds is 7. The van der Waals surface area contributed by atoms with Crippen molar-refractivity contribution in [3.63, 3.8) is 0 Å². The predicted octanol–water partition coefficient (Wildman–Crippen LogP) is 3.04. The molecule has 124 valence electrons. The minimum Gasteiger partial charge on any atom is -0.484 e. The van der Waals surface area contributed by atoms with Gasteiger partial charge in [0.15, 0.2) is 6.61 Å². The van der Waals surface area contributed by atoms with Crippen molar-refractivity contribution in [1.82, 2.24) is 10.2 Å². The molecule has 0 aliphatic heterocycles. The summed E-state index contributed by atoms with van der Waals surface area (Å²) in [5.41, 5.74) is 0.912. The third-order valence-electron chi connectivity index (χ3n) is 3.49. The minimum atomic E-state index is -0.184. The third-order valence-corrected chi connectivity index (χ3v) is 3.91. The summed E-state index contributed by atoms with van der Waals surface area (Å²) in [6.45, 7) is 2.29. The summed E-state index contributed by atoms with van der Waals surface area (Å²) < 4.78 is 10.9. The molecule has 1 amide bonds. The number of carbonyl (C=O) groups excluding carboxylic acids is 1. The van der Waals surface area contributed by atoms with Crippen LogP contribution >= 0.6 is 11.6 Å². The Bertz CT molecular complexity index is 641. The molecule has 1 aromatic heterocycles. The largest absolute Gasteiger partial charge is 0.484 e. The van der Waals surface area contributed by atoms with Crippen LogP contribution in [0.25, 0.3) is 0 Å². The molecule has 0 bridgehead atoms. The molecule has 1 aromatic carbocycles. The zero-order chi connectivity index (χ0) is 16.8. The lowest BCUT2D eigenvalue weighted by molar-refractivity contribution is -0.123. The van der Waals surface area contributed by atoms with Crippen LogP contribution in [0.3, 0.4) is 0 Å². The molecular weight excluding hydrogens is 316 g/mol. The molecule has 2 rings (SSSR count). The van der Waals surface area contributed by atoms with Gasteiger partial charge in [-0.25, -0.2) is 0 Å². The summed E-state index contributed by atoms with van der Waals surface area (Å²) in [5, 5.41) is 3.53. The fourth-order valence-corrected chi connectivity index (χ4v) is 2.25. The number of likely N-dealkylation sites (N-methyl/N-ethyl adjacent to an activating group) is 1. The van der Waals surface area contributed by atoms with E-state index in [4.69, 9.17) is 20.8 Å². The number of hydrogen-bond acceptors (Lipinski definition) is 4. The van der Waals surface area contributed by atoms with Crippen molar-refractivity contribution in [2.75, 3.05) is 27.2 Å². The molecule has 0 aliphatic carbocycles. The normalized spacial score (nSPS) is 12.2. The maximum Gasteiger partial charge on any atom is 0.258 e. The van der Waals surface area contributed by atoms with Gasteiger partial charge < -0.3 is 14.5 Å². The van der Waals surface area contributed by atoms with Crippen LogP contribution in [0, 0.1) is 6.92 Å². The summed E-state index contributed by atoms with van der Waals surface area (Å²) in [4.78, 5) is 13.9. The number of nitrogens with zero attached hydrogens (tertiary/aromatic N) is 1. The number of nitrogens with one attached hydrogen (secondary N) is 1. The number of amides is 1. The highest BCUT2D eigenvalue weighted by Gasteiger charge is 2.17. The first-order valence-corrected chi connectivity index (χ1v) is 7.70. The summed E-state index contributed by atoms with van der Waals surface area (Å²) in [7, 11) is 3.87. The van der Waals surface area contributed by atoms with Crippen LogP contribution in [0.1, 0.15) is 17.4 Å². The van der Waals surface area contributed by atoms with E-state index in [9.17, 15) is 4.79 Å². The fourth-order valence-electron chi connectivity index (χ4n) is 2.14. The van der Waals surface area contributed by atoms with E-state index in [1.54, 1.807) is 24.5 Å². The van der Waals surface area contributed by atoms with Gasteiger partial charge >= 0.3 is 0 Å². The molecule has 1 heterocycles. The first-order valence-electron chi connectivity index (χ1n) is 7.33. The van der Waals surface area contributed by atoms with E-state index in [1.165, 1.54) is 0 Å². The number of halogens is 1. The van der Waals surface area contributed by atoms with Gasteiger partial charge in [0.1, 0.15) is 11.5 Å². The van der Waals surface area contributed by atoms with Crippen molar-refractivity contribution >= 4 is 17.5 Å². The lowest BCUT2D eigenvalue weighted by Gasteiger charge is -2.22. The van der Waals surface area contributed by atoms with Crippen molar-refractivity contribution in [3.05, 3.63) is 52.9 Å².